The van der Waals surface area contributed by atoms with Crippen LogP contribution in [0, 0.1) is 52.3 Å². The number of nitrogens with zero attached hydrogens (tertiary/aromatic N) is 1. The van der Waals surface area contributed by atoms with Gasteiger partial charge in [0.1, 0.15) is 0 Å². The van der Waals surface area contributed by atoms with Gasteiger partial charge in [0.2, 0.25) is 0 Å². The zero-order valence-corrected chi connectivity index (χ0v) is 23.6. The molecule has 12 atom stereocenters. The standard InChI is InChI=1S/C32H55NO2/c1-21(20-33-16-6-7-17-33)8-11-28-22(2)30-29(35-28)19-27-25-10-9-23-18-24(34-5)12-14-31(23,3)26(25)13-15-32(27,30)4/h21-30H,6-20H2,1-5H3/t21-,22+,23+,24-,25+,26-,27-,28+,29-,30-,31-,32-/m0/s1. The summed E-state index contributed by atoms with van der Waals surface area (Å²) in [5.74, 6) is 6.08. The van der Waals surface area contributed by atoms with Crippen LogP contribution in [-0.2, 0) is 9.47 Å². The van der Waals surface area contributed by atoms with Gasteiger partial charge < -0.3 is 14.4 Å². The molecule has 0 aromatic heterocycles. The zero-order chi connectivity index (χ0) is 24.4. The summed E-state index contributed by atoms with van der Waals surface area (Å²) in [6.45, 7) is 14.4. The normalized spacial score (nSPS) is 52.5. The van der Waals surface area contributed by atoms with Crippen molar-refractivity contribution in [3.8, 4) is 0 Å². The molecule has 3 nitrogen and oxygen atoms in total. The van der Waals surface area contributed by atoms with Crippen LogP contribution in [0.1, 0.15) is 105 Å². The highest BCUT2D eigenvalue weighted by Crippen LogP contribution is 2.70. The van der Waals surface area contributed by atoms with Crippen molar-refractivity contribution in [2.75, 3.05) is 26.7 Å². The third-order valence-electron chi connectivity index (χ3n) is 13.3. The summed E-state index contributed by atoms with van der Waals surface area (Å²) in [7, 11) is 1.94. The lowest BCUT2D eigenvalue weighted by Gasteiger charge is -2.61. The quantitative estimate of drug-likeness (QED) is 0.397. The maximum Gasteiger partial charge on any atom is 0.0618 e. The molecule has 35 heavy (non-hydrogen) atoms. The highest BCUT2D eigenvalue weighted by Gasteiger charge is 2.65. The van der Waals surface area contributed by atoms with Gasteiger partial charge in [-0.1, -0.05) is 27.7 Å². The van der Waals surface area contributed by atoms with Crippen LogP contribution in [-0.4, -0.2) is 50.0 Å². The van der Waals surface area contributed by atoms with Crippen molar-refractivity contribution in [2.24, 2.45) is 52.3 Å². The Balaban J connectivity index is 1.10. The molecule has 0 radical (unpaired) electrons. The predicted molar refractivity (Wildman–Crippen MR) is 143 cm³/mol. The molecule has 0 unspecified atom stereocenters. The summed E-state index contributed by atoms with van der Waals surface area (Å²) in [4.78, 5) is 2.69. The first kappa shape index (κ1) is 25.2. The Hall–Kier alpha value is -0.120. The minimum Gasteiger partial charge on any atom is -0.381 e. The molecule has 0 spiro atoms. The summed E-state index contributed by atoms with van der Waals surface area (Å²) in [5, 5.41) is 0. The number of fused-ring (bicyclic) bond motifs is 7. The highest BCUT2D eigenvalue weighted by atomic mass is 16.5. The molecule has 3 heteroatoms. The van der Waals surface area contributed by atoms with Gasteiger partial charge in [-0.3, -0.25) is 0 Å². The Bertz CT molecular complexity index is 750. The number of hydrogen-bond acceptors (Lipinski definition) is 3. The largest absolute Gasteiger partial charge is 0.381 e. The maximum absolute atomic E-state index is 6.99. The zero-order valence-electron chi connectivity index (χ0n) is 23.6. The lowest BCUT2D eigenvalue weighted by molar-refractivity contribution is -0.133. The van der Waals surface area contributed by atoms with Crippen LogP contribution in [0.4, 0.5) is 0 Å². The first-order chi connectivity index (χ1) is 16.8. The van der Waals surface area contributed by atoms with Gasteiger partial charge >= 0.3 is 0 Å². The van der Waals surface area contributed by atoms with E-state index in [0.717, 1.165) is 41.4 Å². The first-order valence-corrected chi connectivity index (χ1v) is 15.7. The summed E-state index contributed by atoms with van der Waals surface area (Å²) in [5.41, 5.74) is 1.09. The van der Waals surface area contributed by atoms with Crippen LogP contribution >= 0.6 is 0 Å². The smallest absolute Gasteiger partial charge is 0.0618 e. The van der Waals surface area contributed by atoms with Crippen LogP contribution in [0.25, 0.3) is 0 Å². The van der Waals surface area contributed by atoms with Crippen LogP contribution in [0.15, 0.2) is 0 Å². The first-order valence-electron chi connectivity index (χ1n) is 15.7. The van der Waals surface area contributed by atoms with Gasteiger partial charge in [0.25, 0.3) is 0 Å². The van der Waals surface area contributed by atoms with E-state index in [0.29, 0.717) is 29.1 Å². The molecule has 2 saturated heterocycles. The fourth-order valence-electron chi connectivity index (χ4n) is 11.4. The summed E-state index contributed by atoms with van der Waals surface area (Å²) >= 11 is 0. The molecule has 2 heterocycles. The molecule has 0 bridgehead atoms. The van der Waals surface area contributed by atoms with E-state index in [1.54, 1.807) is 0 Å². The number of likely N-dealkylation sites (tertiary alicyclic amines) is 1. The molecule has 0 N–H and O–H groups in total. The van der Waals surface area contributed by atoms with E-state index >= 15 is 0 Å². The minimum absolute atomic E-state index is 0.513. The highest BCUT2D eigenvalue weighted by molar-refractivity contribution is 5.14. The molecule has 0 aromatic carbocycles. The summed E-state index contributed by atoms with van der Waals surface area (Å²) in [6, 6.07) is 0. The average Bonchev–Trinajstić information content (AvgIpc) is 3.53. The number of rotatable bonds is 6. The Labute approximate surface area is 216 Å². The Kier molecular flexibility index (Phi) is 6.88. The van der Waals surface area contributed by atoms with Crippen molar-refractivity contribution >= 4 is 0 Å². The molecule has 6 aliphatic rings. The number of methoxy groups -OCH3 is 1. The monoisotopic (exact) mass is 485 g/mol. The molecular formula is C32H55NO2. The van der Waals surface area contributed by atoms with Crippen molar-refractivity contribution in [3.05, 3.63) is 0 Å². The van der Waals surface area contributed by atoms with Crippen molar-refractivity contribution in [3.63, 3.8) is 0 Å². The number of hydrogen-bond donors (Lipinski definition) is 0. The van der Waals surface area contributed by atoms with Gasteiger partial charge in [0, 0.05) is 13.7 Å². The molecule has 0 aromatic rings. The molecular weight excluding hydrogens is 430 g/mol. The van der Waals surface area contributed by atoms with Gasteiger partial charge in [-0.15, -0.1) is 0 Å². The fraction of sp³-hybridized carbons (Fsp3) is 1.00. The van der Waals surface area contributed by atoms with Crippen LogP contribution in [0.5, 0.6) is 0 Å². The second-order valence-electron chi connectivity index (χ2n) is 14.9. The Morgan fingerprint density at radius 3 is 2.51 bits per heavy atom. The van der Waals surface area contributed by atoms with Gasteiger partial charge in [0.15, 0.2) is 0 Å². The van der Waals surface area contributed by atoms with Crippen molar-refractivity contribution in [1.82, 2.24) is 4.90 Å². The van der Waals surface area contributed by atoms with Gasteiger partial charge in [-0.2, -0.15) is 0 Å². The van der Waals surface area contributed by atoms with E-state index in [9.17, 15) is 0 Å². The molecule has 4 aliphatic carbocycles. The molecule has 0 amide bonds. The van der Waals surface area contributed by atoms with Crippen molar-refractivity contribution in [1.29, 1.82) is 0 Å². The minimum atomic E-state index is 0.513. The third-order valence-corrected chi connectivity index (χ3v) is 13.3. The topological polar surface area (TPSA) is 21.7 Å². The van der Waals surface area contributed by atoms with Crippen molar-refractivity contribution in [2.45, 2.75) is 123 Å². The Morgan fingerprint density at radius 1 is 0.971 bits per heavy atom. The summed E-state index contributed by atoms with van der Waals surface area (Å²) < 4.78 is 12.8. The number of ether oxygens (including phenoxy) is 2. The van der Waals surface area contributed by atoms with E-state index in [-0.39, 0.29) is 0 Å². The molecule has 2 aliphatic heterocycles. The van der Waals surface area contributed by atoms with E-state index < -0.39 is 0 Å². The third kappa shape index (κ3) is 4.17. The van der Waals surface area contributed by atoms with E-state index in [2.05, 4.69) is 32.6 Å². The predicted octanol–water partition coefficient (Wildman–Crippen LogP) is 7.19. The van der Waals surface area contributed by atoms with Crippen molar-refractivity contribution < 1.29 is 9.47 Å². The fourth-order valence-corrected chi connectivity index (χ4v) is 11.4. The van der Waals surface area contributed by atoms with E-state index in [4.69, 9.17) is 9.47 Å². The van der Waals surface area contributed by atoms with Gasteiger partial charge in [-0.25, -0.2) is 0 Å². The lowest BCUT2D eigenvalue weighted by atomic mass is 9.44. The van der Waals surface area contributed by atoms with Gasteiger partial charge in [0.05, 0.1) is 18.3 Å². The van der Waals surface area contributed by atoms with Gasteiger partial charge in [-0.05, 0) is 142 Å². The SMILES string of the molecule is CO[C@H]1CC[C@@]2(C)[C@H](CC[C@@H]3[C@@H]2CC[C@]2(C)[C@H]4[C@H](C)[C@@H](CC[C@H](C)CN5CCCC5)O[C@H]4C[C@@H]32)C1. The van der Waals surface area contributed by atoms with Crippen LogP contribution in [0.2, 0.25) is 0 Å². The summed E-state index contributed by atoms with van der Waals surface area (Å²) in [6.07, 6.45) is 18.3. The van der Waals surface area contributed by atoms with Crippen LogP contribution in [0.3, 0.4) is 0 Å². The second kappa shape index (κ2) is 9.57. The average molecular weight is 486 g/mol. The lowest BCUT2D eigenvalue weighted by Crippen LogP contribution is -2.54. The van der Waals surface area contributed by atoms with Crippen LogP contribution < -0.4 is 0 Å². The molecule has 4 saturated carbocycles. The van der Waals surface area contributed by atoms with E-state index in [1.165, 1.54) is 96.7 Å². The molecule has 200 valence electrons. The molecule has 6 fully saturated rings. The molecule has 6 rings (SSSR count). The second-order valence-corrected chi connectivity index (χ2v) is 14.9. The maximum atomic E-state index is 6.99. The van der Waals surface area contributed by atoms with E-state index in [1.807, 2.05) is 7.11 Å². The Morgan fingerprint density at radius 2 is 1.74 bits per heavy atom.